The molecule has 1 spiro atoms. The fourth-order valence-corrected chi connectivity index (χ4v) is 4.64. The monoisotopic (exact) mass is 545 g/mol. The highest BCUT2D eigenvalue weighted by Gasteiger charge is 2.59. The van der Waals surface area contributed by atoms with Gasteiger partial charge in [0.25, 0.3) is 5.91 Å². The van der Waals surface area contributed by atoms with E-state index in [1.165, 1.54) is 18.2 Å². The van der Waals surface area contributed by atoms with Gasteiger partial charge in [0.05, 0.1) is 22.9 Å². The molecule has 1 saturated carbocycles. The van der Waals surface area contributed by atoms with Crippen molar-refractivity contribution in [2.24, 2.45) is 0 Å². The molecule has 2 fully saturated rings. The highest BCUT2D eigenvalue weighted by Crippen LogP contribution is 2.48. The molecular weight excluding hydrogens is 533 g/mol. The maximum absolute atomic E-state index is 14.2. The van der Waals surface area contributed by atoms with Crippen LogP contribution in [0.15, 0.2) is 36.4 Å². The minimum absolute atomic E-state index is 0.0156. The van der Waals surface area contributed by atoms with Gasteiger partial charge in [-0.15, -0.1) is 0 Å². The minimum atomic E-state index is -4.77. The molecule has 0 N–H and O–H groups in total. The SMILES string of the molecule is N#Cc1ccc(N2C(=O)C3(CCC3)N(c3ccc(I)c(F)c3)C2=S)cc1C(F)(F)F. The van der Waals surface area contributed by atoms with Gasteiger partial charge in [-0.25, -0.2) is 4.39 Å². The number of nitriles is 1. The minimum Gasteiger partial charge on any atom is -0.303 e. The quantitative estimate of drug-likeness (QED) is 0.289. The first-order valence-electron chi connectivity index (χ1n) is 8.85. The fourth-order valence-electron chi connectivity index (χ4n) is 3.84. The molecule has 0 aromatic heterocycles. The molecule has 1 aliphatic carbocycles. The average Bonchev–Trinajstić information content (AvgIpc) is 2.90. The van der Waals surface area contributed by atoms with E-state index in [-0.39, 0.29) is 10.8 Å². The molecule has 4 nitrogen and oxygen atoms in total. The number of benzene rings is 2. The third-order valence-corrected chi connectivity index (χ3v) is 6.68. The van der Waals surface area contributed by atoms with Gasteiger partial charge in [0.1, 0.15) is 11.4 Å². The predicted molar refractivity (Wildman–Crippen MR) is 114 cm³/mol. The van der Waals surface area contributed by atoms with Gasteiger partial charge >= 0.3 is 6.18 Å². The van der Waals surface area contributed by atoms with E-state index >= 15 is 0 Å². The van der Waals surface area contributed by atoms with Crippen LogP contribution in [-0.2, 0) is 11.0 Å². The summed E-state index contributed by atoms with van der Waals surface area (Å²) in [7, 11) is 0. The van der Waals surface area contributed by atoms with E-state index < -0.39 is 34.6 Å². The van der Waals surface area contributed by atoms with Crippen LogP contribution in [0.5, 0.6) is 0 Å². The van der Waals surface area contributed by atoms with Gasteiger partial charge in [0.15, 0.2) is 5.11 Å². The summed E-state index contributed by atoms with van der Waals surface area (Å²) in [5.41, 5.74) is -2.42. The van der Waals surface area contributed by atoms with E-state index in [4.69, 9.17) is 17.5 Å². The van der Waals surface area contributed by atoms with Crippen molar-refractivity contribution in [2.45, 2.75) is 31.0 Å². The largest absolute Gasteiger partial charge is 0.417 e. The Morgan fingerprint density at radius 1 is 1.13 bits per heavy atom. The Balaban J connectivity index is 1.83. The lowest BCUT2D eigenvalue weighted by molar-refractivity contribution is -0.137. The molecule has 1 amide bonds. The molecule has 30 heavy (non-hydrogen) atoms. The van der Waals surface area contributed by atoms with Crippen molar-refractivity contribution < 1.29 is 22.4 Å². The van der Waals surface area contributed by atoms with Crippen LogP contribution < -0.4 is 9.80 Å². The van der Waals surface area contributed by atoms with Crippen molar-refractivity contribution >= 4 is 57.2 Å². The van der Waals surface area contributed by atoms with E-state index in [1.807, 2.05) is 22.6 Å². The number of carbonyl (C=O) groups is 1. The Labute approximate surface area is 188 Å². The number of amides is 1. The number of hydrogen-bond acceptors (Lipinski definition) is 3. The Hall–Kier alpha value is -2.26. The summed E-state index contributed by atoms with van der Waals surface area (Å²) in [4.78, 5) is 15.9. The average molecular weight is 545 g/mol. The van der Waals surface area contributed by atoms with E-state index in [1.54, 1.807) is 17.0 Å². The van der Waals surface area contributed by atoms with Crippen LogP contribution in [0, 0.1) is 20.7 Å². The van der Waals surface area contributed by atoms with Crippen LogP contribution in [0.1, 0.15) is 30.4 Å². The van der Waals surface area contributed by atoms with Gasteiger partial charge in [-0.1, -0.05) is 0 Å². The zero-order chi connectivity index (χ0) is 21.8. The van der Waals surface area contributed by atoms with Crippen molar-refractivity contribution in [3.8, 4) is 6.07 Å². The number of thiocarbonyl (C=S) groups is 1. The van der Waals surface area contributed by atoms with E-state index in [0.717, 1.165) is 23.5 Å². The molecule has 10 heteroatoms. The summed E-state index contributed by atoms with van der Waals surface area (Å²) in [5, 5.41) is 9.00. The standard InChI is InChI=1S/C20H12F4IN3OS/c21-15-9-13(4-5-16(15)25)28-18(30)27(17(29)19(28)6-1-7-19)12-3-2-11(10-26)14(8-12)20(22,23)24/h2-5,8-9H,1,6-7H2. The van der Waals surface area contributed by atoms with Gasteiger partial charge in [-0.05, 0) is 90.5 Å². The van der Waals surface area contributed by atoms with Crippen LogP contribution >= 0.6 is 34.8 Å². The highest BCUT2D eigenvalue weighted by atomic mass is 127. The van der Waals surface area contributed by atoms with Gasteiger partial charge in [0.2, 0.25) is 0 Å². The lowest BCUT2D eigenvalue weighted by Gasteiger charge is -2.43. The molecule has 0 bridgehead atoms. The first-order valence-corrected chi connectivity index (χ1v) is 10.3. The number of anilines is 2. The summed E-state index contributed by atoms with van der Waals surface area (Å²) in [6, 6.07) is 9.02. The van der Waals surface area contributed by atoms with Crippen molar-refractivity contribution in [2.75, 3.05) is 9.80 Å². The molecular formula is C20H12F4IN3OS. The van der Waals surface area contributed by atoms with Crippen molar-refractivity contribution in [3.05, 3.63) is 56.9 Å². The normalized spacial score (nSPS) is 18.0. The van der Waals surface area contributed by atoms with Crippen LogP contribution in [0.25, 0.3) is 0 Å². The predicted octanol–water partition coefficient (Wildman–Crippen LogP) is 5.38. The zero-order valence-corrected chi connectivity index (χ0v) is 18.1. The highest BCUT2D eigenvalue weighted by molar-refractivity contribution is 14.1. The topological polar surface area (TPSA) is 47.3 Å². The van der Waals surface area contributed by atoms with E-state index in [2.05, 4.69) is 0 Å². The van der Waals surface area contributed by atoms with Crippen molar-refractivity contribution in [1.82, 2.24) is 0 Å². The summed E-state index contributed by atoms with van der Waals surface area (Å²) < 4.78 is 54.8. The second kappa shape index (κ2) is 7.16. The molecule has 1 heterocycles. The smallest absolute Gasteiger partial charge is 0.303 e. The Kier molecular flexibility index (Phi) is 5.01. The summed E-state index contributed by atoms with van der Waals surface area (Å²) in [6.45, 7) is 0. The first-order chi connectivity index (χ1) is 14.1. The molecule has 1 saturated heterocycles. The van der Waals surface area contributed by atoms with E-state index in [0.29, 0.717) is 22.1 Å². The zero-order valence-electron chi connectivity index (χ0n) is 15.1. The van der Waals surface area contributed by atoms with E-state index in [9.17, 15) is 22.4 Å². The molecule has 2 aromatic carbocycles. The number of alkyl halides is 3. The number of carbonyl (C=O) groups excluding carboxylic acids is 1. The molecule has 2 aliphatic rings. The number of rotatable bonds is 2. The van der Waals surface area contributed by atoms with Gasteiger partial charge in [0, 0.05) is 9.26 Å². The Morgan fingerprint density at radius 2 is 1.80 bits per heavy atom. The summed E-state index contributed by atoms with van der Waals surface area (Å²) >= 11 is 7.33. The lowest BCUT2D eigenvalue weighted by atomic mass is 9.75. The third-order valence-electron chi connectivity index (χ3n) is 5.44. The van der Waals surface area contributed by atoms with Crippen LogP contribution in [0.4, 0.5) is 28.9 Å². The van der Waals surface area contributed by atoms with Crippen LogP contribution in [0.2, 0.25) is 0 Å². The molecule has 2 aromatic rings. The first kappa shape index (κ1) is 21.0. The fraction of sp³-hybridized carbons (Fsp3) is 0.250. The molecule has 154 valence electrons. The lowest BCUT2D eigenvalue weighted by Crippen LogP contribution is -2.55. The van der Waals surface area contributed by atoms with Gasteiger partial charge < -0.3 is 4.90 Å². The molecule has 0 radical (unpaired) electrons. The maximum Gasteiger partial charge on any atom is 0.417 e. The maximum atomic E-state index is 14.2. The summed E-state index contributed by atoms with van der Waals surface area (Å²) in [5.74, 6) is -0.926. The molecule has 1 aliphatic heterocycles. The molecule has 4 rings (SSSR count). The summed E-state index contributed by atoms with van der Waals surface area (Å²) in [6.07, 6.45) is -3.11. The number of halogens is 5. The second-order valence-corrected chi connectivity index (χ2v) is 8.61. The van der Waals surface area contributed by atoms with Crippen LogP contribution in [0.3, 0.4) is 0 Å². The van der Waals surface area contributed by atoms with Gasteiger partial charge in [-0.3, -0.25) is 9.69 Å². The Morgan fingerprint density at radius 3 is 2.33 bits per heavy atom. The van der Waals surface area contributed by atoms with Crippen molar-refractivity contribution in [3.63, 3.8) is 0 Å². The number of hydrogen-bond donors (Lipinski definition) is 0. The molecule has 0 atom stereocenters. The van der Waals surface area contributed by atoms with Crippen molar-refractivity contribution in [1.29, 1.82) is 5.26 Å². The number of nitrogens with zero attached hydrogens (tertiary/aromatic N) is 3. The van der Waals surface area contributed by atoms with Crippen LogP contribution in [-0.4, -0.2) is 16.6 Å². The molecule has 0 unspecified atom stereocenters. The Bertz CT molecular complexity index is 1120. The second-order valence-electron chi connectivity index (χ2n) is 7.08. The third kappa shape index (κ3) is 3.06. The van der Waals surface area contributed by atoms with Gasteiger partial charge in [-0.2, -0.15) is 18.4 Å².